The van der Waals surface area contributed by atoms with Gasteiger partial charge in [0.1, 0.15) is 5.15 Å². The molecule has 1 fully saturated rings. The third-order valence-corrected chi connectivity index (χ3v) is 4.77. The Morgan fingerprint density at radius 1 is 1.30 bits per heavy atom. The van der Waals surface area contributed by atoms with Gasteiger partial charge in [-0.15, -0.1) is 0 Å². The summed E-state index contributed by atoms with van der Waals surface area (Å²) in [5, 5.41) is 14.8. The van der Waals surface area contributed by atoms with E-state index in [4.69, 9.17) is 11.6 Å². The second kappa shape index (κ2) is 6.66. The standard InChI is InChI=1S/C19H17ClN4O3/c1-23-10-15(17(22-23)19(26)27)24(18(25)13-4-5-13)9-11-2-3-12-6-7-16(20)21-14(12)8-11/h2-3,6-8,10,13H,4-5,9H2,1H3,(H,26,27). The number of halogens is 1. The molecule has 1 amide bonds. The molecule has 7 nitrogen and oxygen atoms in total. The Kier molecular flexibility index (Phi) is 4.31. The van der Waals surface area contributed by atoms with Crippen LogP contribution < -0.4 is 4.90 Å². The minimum atomic E-state index is -1.16. The number of fused-ring (bicyclic) bond motifs is 1. The van der Waals surface area contributed by atoms with Crippen molar-refractivity contribution in [1.29, 1.82) is 0 Å². The Hall–Kier alpha value is -2.93. The summed E-state index contributed by atoms with van der Waals surface area (Å²) in [5.41, 5.74) is 1.74. The van der Waals surface area contributed by atoms with Crippen LogP contribution in [0.5, 0.6) is 0 Å². The van der Waals surface area contributed by atoms with Crippen molar-refractivity contribution in [3.8, 4) is 0 Å². The van der Waals surface area contributed by atoms with Gasteiger partial charge in [-0.25, -0.2) is 9.78 Å². The maximum Gasteiger partial charge on any atom is 0.358 e. The lowest BCUT2D eigenvalue weighted by Gasteiger charge is -2.22. The van der Waals surface area contributed by atoms with Gasteiger partial charge in [0.25, 0.3) is 0 Å². The number of benzene rings is 1. The van der Waals surface area contributed by atoms with Gasteiger partial charge in [-0.1, -0.05) is 23.7 Å². The van der Waals surface area contributed by atoms with Crippen LogP contribution in [0.15, 0.2) is 36.5 Å². The predicted molar refractivity (Wildman–Crippen MR) is 101 cm³/mol. The zero-order chi connectivity index (χ0) is 19.1. The zero-order valence-corrected chi connectivity index (χ0v) is 15.3. The fourth-order valence-electron chi connectivity index (χ4n) is 3.08. The Bertz CT molecular complexity index is 1060. The molecule has 1 saturated carbocycles. The van der Waals surface area contributed by atoms with Gasteiger partial charge >= 0.3 is 5.97 Å². The summed E-state index contributed by atoms with van der Waals surface area (Å²) in [5.74, 6) is -1.30. The highest BCUT2D eigenvalue weighted by Gasteiger charge is 2.36. The molecule has 27 heavy (non-hydrogen) atoms. The first-order chi connectivity index (χ1) is 12.9. The van der Waals surface area contributed by atoms with E-state index < -0.39 is 5.97 Å². The van der Waals surface area contributed by atoms with E-state index >= 15 is 0 Å². The Morgan fingerprint density at radius 3 is 2.74 bits per heavy atom. The zero-order valence-electron chi connectivity index (χ0n) is 14.6. The number of amides is 1. The molecular formula is C19H17ClN4O3. The summed E-state index contributed by atoms with van der Waals surface area (Å²) in [7, 11) is 1.64. The average molecular weight is 385 g/mol. The molecule has 3 aromatic rings. The molecular weight excluding hydrogens is 368 g/mol. The molecule has 0 aliphatic heterocycles. The van der Waals surface area contributed by atoms with Crippen molar-refractivity contribution >= 4 is 40.1 Å². The quantitative estimate of drug-likeness (QED) is 0.682. The predicted octanol–water partition coefficient (Wildman–Crippen LogP) is 3.26. The van der Waals surface area contributed by atoms with Crippen LogP contribution in [0.25, 0.3) is 10.9 Å². The molecule has 8 heteroatoms. The number of rotatable bonds is 5. The van der Waals surface area contributed by atoms with Gasteiger partial charge in [0.15, 0.2) is 5.69 Å². The molecule has 1 aliphatic rings. The molecule has 0 radical (unpaired) electrons. The lowest BCUT2D eigenvalue weighted by molar-refractivity contribution is -0.119. The first-order valence-electron chi connectivity index (χ1n) is 8.56. The van der Waals surface area contributed by atoms with Gasteiger partial charge in [-0.2, -0.15) is 5.10 Å². The van der Waals surface area contributed by atoms with Gasteiger partial charge in [-0.05, 0) is 36.6 Å². The summed E-state index contributed by atoms with van der Waals surface area (Å²) in [6.07, 6.45) is 3.22. The third kappa shape index (κ3) is 3.50. The molecule has 2 aromatic heterocycles. The van der Waals surface area contributed by atoms with Gasteiger partial charge < -0.3 is 10.0 Å². The third-order valence-electron chi connectivity index (χ3n) is 4.56. The lowest BCUT2D eigenvalue weighted by atomic mass is 10.1. The number of nitrogens with zero attached hydrogens (tertiary/aromatic N) is 4. The van der Waals surface area contributed by atoms with Crippen LogP contribution in [-0.2, 0) is 18.4 Å². The van der Waals surface area contributed by atoms with Crippen LogP contribution in [0, 0.1) is 5.92 Å². The van der Waals surface area contributed by atoms with Crippen LogP contribution in [0.2, 0.25) is 5.15 Å². The smallest absolute Gasteiger partial charge is 0.358 e. The van der Waals surface area contributed by atoms with Crippen molar-refractivity contribution in [3.63, 3.8) is 0 Å². The topological polar surface area (TPSA) is 88.3 Å². The van der Waals surface area contributed by atoms with E-state index in [1.807, 2.05) is 24.3 Å². The van der Waals surface area contributed by atoms with E-state index in [1.165, 1.54) is 9.58 Å². The summed E-state index contributed by atoms with van der Waals surface area (Å²) in [6.45, 7) is 0.242. The SMILES string of the molecule is Cn1cc(N(Cc2ccc3ccc(Cl)nc3c2)C(=O)C2CC2)c(C(=O)O)n1. The van der Waals surface area contributed by atoms with Crippen LogP contribution in [0.3, 0.4) is 0 Å². The fourth-order valence-corrected chi connectivity index (χ4v) is 3.23. The first-order valence-corrected chi connectivity index (χ1v) is 8.93. The highest BCUT2D eigenvalue weighted by Crippen LogP contribution is 2.34. The van der Waals surface area contributed by atoms with E-state index in [9.17, 15) is 14.7 Å². The second-order valence-corrected chi connectivity index (χ2v) is 7.09. The van der Waals surface area contributed by atoms with Gasteiger partial charge in [-0.3, -0.25) is 9.48 Å². The second-order valence-electron chi connectivity index (χ2n) is 6.70. The van der Waals surface area contributed by atoms with E-state index in [-0.39, 0.29) is 24.1 Å². The number of hydrogen-bond acceptors (Lipinski definition) is 4. The molecule has 2 heterocycles. The number of carboxylic acid groups (broad SMARTS) is 1. The molecule has 1 aliphatic carbocycles. The Morgan fingerprint density at radius 2 is 2.04 bits per heavy atom. The van der Waals surface area contributed by atoms with Gasteiger partial charge in [0.05, 0.1) is 17.7 Å². The molecule has 0 atom stereocenters. The molecule has 4 rings (SSSR count). The van der Waals surface area contributed by atoms with Gasteiger partial charge in [0, 0.05) is 24.5 Å². The number of aryl methyl sites for hydroxylation is 1. The summed E-state index contributed by atoms with van der Waals surface area (Å²) >= 11 is 5.98. The van der Waals surface area contributed by atoms with Crippen LogP contribution >= 0.6 is 11.6 Å². The van der Waals surface area contributed by atoms with E-state index in [2.05, 4.69) is 10.1 Å². The summed E-state index contributed by atoms with van der Waals surface area (Å²) in [6, 6.07) is 9.29. The molecule has 1 aromatic carbocycles. The number of aromatic carboxylic acids is 1. The van der Waals surface area contributed by atoms with Crippen LogP contribution in [0.4, 0.5) is 5.69 Å². The molecule has 0 spiro atoms. The number of carbonyl (C=O) groups is 2. The summed E-state index contributed by atoms with van der Waals surface area (Å²) in [4.78, 5) is 30.3. The number of hydrogen-bond donors (Lipinski definition) is 1. The van der Waals surface area contributed by atoms with Crippen molar-refractivity contribution < 1.29 is 14.7 Å². The maximum atomic E-state index is 12.9. The summed E-state index contributed by atoms with van der Waals surface area (Å²) < 4.78 is 1.41. The lowest BCUT2D eigenvalue weighted by Crippen LogP contribution is -2.32. The van der Waals surface area contributed by atoms with Crippen molar-refractivity contribution in [2.24, 2.45) is 13.0 Å². The maximum absolute atomic E-state index is 12.9. The van der Waals surface area contributed by atoms with E-state index in [0.29, 0.717) is 10.8 Å². The monoisotopic (exact) mass is 384 g/mol. The van der Waals surface area contributed by atoms with E-state index in [1.54, 1.807) is 19.3 Å². The average Bonchev–Trinajstić information content (AvgIpc) is 3.40. The Labute approximate surface area is 160 Å². The number of carbonyl (C=O) groups excluding carboxylic acids is 1. The number of carboxylic acids is 1. The molecule has 0 saturated heterocycles. The van der Waals surface area contributed by atoms with Crippen LogP contribution in [-0.4, -0.2) is 31.7 Å². The highest BCUT2D eigenvalue weighted by molar-refractivity contribution is 6.29. The highest BCUT2D eigenvalue weighted by atomic mass is 35.5. The fraction of sp³-hybridized carbons (Fsp3) is 0.263. The molecule has 0 bridgehead atoms. The normalized spacial score (nSPS) is 13.7. The van der Waals surface area contributed by atoms with Crippen molar-refractivity contribution in [2.45, 2.75) is 19.4 Å². The minimum absolute atomic E-state index is 0.0557. The Balaban J connectivity index is 1.74. The molecule has 138 valence electrons. The van der Waals surface area contributed by atoms with Crippen molar-refractivity contribution in [1.82, 2.24) is 14.8 Å². The van der Waals surface area contributed by atoms with Crippen LogP contribution in [0.1, 0.15) is 28.9 Å². The molecule has 1 N–H and O–H groups in total. The minimum Gasteiger partial charge on any atom is -0.476 e. The first kappa shape index (κ1) is 17.5. The number of pyridine rings is 1. The largest absolute Gasteiger partial charge is 0.476 e. The van der Waals surface area contributed by atoms with Crippen molar-refractivity contribution in [3.05, 3.63) is 52.9 Å². The van der Waals surface area contributed by atoms with E-state index in [0.717, 1.165) is 29.3 Å². The van der Waals surface area contributed by atoms with Crippen molar-refractivity contribution in [2.75, 3.05) is 4.90 Å². The number of anilines is 1. The van der Waals surface area contributed by atoms with Gasteiger partial charge in [0.2, 0.25) is 5.91 Å². The number of aromatic nitrogens is 3. The molecule has 0 unspecified atom stereocenters.